The molecule has 4 nitrogen and oxygen atoms in total. The van der Waals surface area contributed by atoms with Crippen LogP contribution in [0.2, 0.25) is 15.1 Å². The van der Waals surface area contributed by atoms with Crippen LogP contribution in [0.25, 0.3) is 10.9 Å². The van der Waals surface area contributed by atoms with E-state index in [-0.39, 0.29) is 11.9 Å². The van der Waals surface area contributed by atoms with Gasteiger partial charge in [0.1, 0.15) is 0 Å². The van der Waals surface area contributed by atoms with E-state index in [0.29, 0.717) is 26.7 Å². The van der Waals surface area contributed by atoms with Crippen molar-refractivity contribution < 1.29 is 4.79 Å². The van der Waals surface area contributed by atoms with Crippen LogP contribution in [0.1, 0.15) is 36.0 Å². The molecule has 3 aromatic rings. The number of carbonyl (C=O) groups excluding carboxylic acids is 1. The maximum atomic E-state index is 12.5. The number of rotatable bonds is 4. The molecule has 0 bridgehead atoms. The molecule has 29 heavy (non-hydrogen) atoms. The Kier molecular flexibility index (Phi) is 6.14. The van der Waals surface area contributed by atoms with Gasteiger partial charge in [-0.05, 0) is 68.1 Å². The van der Waals surface area contributed by atoms with Crippen LogP contribution in [0.3, 0.4) is 0 Å². The number of nitrogens with zero attached hydrogens (tertiary/aromatic N) is 1. The first-order chi connectivity index (χ1) is 14.0. The number of pyridine rings is 1. The summed E-state index contributed by atoms with van der Waals surface area (Å²) in [4.78, 5) is 16.9. The van der Waals surface area contributed by atoms with E-state index < -0.39 is 0 Å². The van der Waals surface area contributed by atoms with Crippen LogP contribution in [-0.2, 0) is 0 Å². The number of fused-ring (bicyclic) bond motifs is 1. The fourth-order valence-corrected chi connectivity index (χ4v) is 4.22. The maximum Gasteiger partial charge on any atom is 0.251 e. The van der Waals surface area contributed by atoms with Crippen molar-refractivity contribution in [1.82, 2.24) is 10.3 Å². The van der Waals surface area contributed by atoms with E-state index in [2.05, 4.69) is 15.6 Å². The molecule has 0 unspecified atom stereocenters. The number of nitrogens with one attached hydrogen (secondary N) is 2. The van der Waals surface area contributed by atoms with Crippen molar-refractivity contribution in [3.05, 3.63) is 69.3 Å². The van der Waals surface area contributed by atoms with Gasteiger partial charge in [-0.3, -0.25) is 9.78 Å². The third-order valence-electron chi connectivity index (χ3n) is 5.31. The number of anilines is 1. The monoisotopic (exact) mass is 447 g/mol. The zero-order valence-corrected chi connectivity index (χ0v) is 17.9. The zero-order valence-electron chi connectivity index (χ0n) is 15.6. The molecule has 1 heterocycles. The SMILES string of the molecule is O=C(N[C@H]1CC[C@@H](Nc2ccnc3cc(Cl)ccc23)CC1)c1ccc(Cl)c(Cl)c1. The van der Waals surface area contributed by atoms with Crippen molar-refractivity contribution in [2.24, 2.45) is 0 Å². The summed E-state index contributed by atoms with van der Waals surface area (Å²) in [5, 5.41) is 9.32. The number of halogens is 3. The molecule has 1 fully saturated rings. The van der Waals surface area contributed by atoms with Crippen LogP contribution in [-0.4, -0.2) is 23.0 Å². The van der Waals surface area contributed by atoms with E-state index in [1.165, 1.54) is 0 Å². The lowest BCUT2D eigenvalue weighted by Gasteiger charge is -2.30. The topological polar surface area (TPSA) is 54.0 Å². The van der Waals surface area contributed by atoms with Gasteiger partial charge in [0.05, 0.1) is 15.6 Å². The van der Waals surface area contributed by atoms with E-state index in [0.717, 1.165) is 42.3 Å². The Bertz CT molecular complexity index is 1050. The van der Waals surface area contributed by atoms with Gasteiger partial charge in [-0.1, -0.05) is 34.8 Å². The lowest BCUT2D eigenvalue weighted by Crippen LogP contribution is -2.40. The van der Waals surface area contributed by atoms with E-state index in [9.17, 15) is 4.79 Å². The van der Waals surface area contributed by atoms with Crippen LogP contribution >= 0.6 is 34.8 Å². The van der Waals surface area contributed by atoms with Crippen molar-refractivity contribution in [2.45, 2.75) is 37.8 Å². The number of hydrogen-bond donors (Lipinski definition) is 2. The summed E-state index contributed by atoms with van der Waals surface area (Å²) in [6.45, 7) is 0. The van der Waals surface area contributed by atoms with Gasteiger partial charge in [0, 0.05) is 39.9 Å². The second-order valence-corrected chi connectivity index (χ2v) is 8.57. The smallest absolute Gasteiger partial charge is 0.251 e. The van der Waals surface area contributed by atoms with Gasteiger partial charge in [0.2, 0.25) is 0 Å². The van der Waals surface area contributed by atoms with E-state index in [4.69, 9.17) is 34.8 Å². The molecule has 0 atom stereocenters. The number of aromatic nitrogens is 1. The predicted molar refractivity (Wildman–Crippen MR) is 120 cm³/mol. The second kappa shape index (κ2) is 8.78. The normalized spacial score (nSPS) is 19.1. The summed E-state index contributed by atoms with van der Waals surface area (Å²) < 4.78 is 0. The van der Waals surface area contributed by atoms with Crippen molar-refractivity contribution in [2.75, 3.05) is 5.32 Å². The van der Waals surface area contributed by atoms with E-state index in [1.54, 1.807) is 24.4 Å². The number of benzene rings is 2. The van der Waals surface area contributed by atoms with Crippen molar-refractivity contribution in [1.29, 1.82) is 0 Å². The fourth-order valence-electron chi connectivity index (χ4n) is 3.76. The second-order valence-electron chi connectivity index (χ2n) is 7.32. The predicted octanol–water partition coefficient (Wildman–Crippen LogP) is 6.35. The quantitative estimate of drug-likeness (QED) is 0.489. The van der Waals surface area contributed by atoms with Crippen LogP contribution < -0.4 is 10.6 Å². The molecule has 1 aromatic heterocycles. The summed E-state index contributed by atoms with van der Waals surface area (Å²) >= 11 is 18.0. The highest BCUT2D eigenvalue weighted by molar-refractivity contribution is 6.42. The molecule has 1 aliphatic rings. The van der Waals surface area contributed by atoms with Gasteiger partial charge in [0.25, 0.3) is 5.91 Å². The summed E-state index contributed by atoms with van der Waals surface area (Å²) in [5.74, 6) is -0.114. The molecule has 1 amide bonds. The molecule has 0 aliphatic heterocycles. The lowest BCUT2D eigenvalue weighted by molar-refractivity contribution is 0.0926. The molecule has 0 saturated heterocycles. The Morgan fingerprint density at radius 3 is 2.41 bits per heavy atom. The van der Waals surface area contributed by atoms with Crippen molar-refractivity contribution in [3.63, 3.8) is 0 Å². The molecular weight excluding hydrogens is 429 g/mol. The number of carbonyl (C=O) groups is 1. The molecular formula is C22H20Cl3N3O. The minimum absolute atomic E-state index is 0.114. The summed E-state index contributed by atoms with van der Waals surface area (Å²) in [5.41, 5.74) is 2.47. The van der Waals surface area contributed by atoms with Crippen LogP contribution in [0.15, 0.2) is 48.7 Å². The third kappa shape index (κ3) is 4.77. The first-order valence-electron chi connectivity index (χ1n) is 9.56. The first-order valence-corrected chi connectivity index (χ1v) is 10.7. The van der Waals surface area contributed by atoms with Crippen molar-refractivity contribution >= 4 is 57.3 Å². The Labute approximate surface area is 184 Å². The van der Waals surface area contributed by atoms with Gasteiger partial charge in [-0.2, -0.15) is 0 Å². The molecule has 4 rings (SSSR count). The minimum atomic E-state index is -0.114. The number of hydrogen-bond acceptors (Lipinski definition) is 3. The van der Waals surface area contributed by atoms with E-state index >= 15 is 0 Å². The third-order valence-corrected chi connectivity index (χ3v) is 6.28. The average molecular weight is 449 g/mol. The molecule has 1 aliphatic carbocycles. The average Bonchev–Trinajstić information content (AvgIpc) is 2.71. The Balaban J connectivity index is 1.35. The van der Waals surface area contributed by atoms with E-state index in [1.807, 2.05) is 24.3 Å². The highest BCUT2D eigenvalue weighted by atomic mass is 35.5. The molecule has 0 radical (unpaired) electrons. The van der Waals surface area contributed by atoms with Gasteiger partial charge in [-0.15, -0.1) is 0 Å². The van der Waals surface area contributed by atoms with Gasteiger partial charge >= 0.3 is 0 Å². The maximum absolute atomic E-state index is 12.5. The van der Waals surface area contributed by atoms with Crippen molar-refractivity contribution in [3.8, 4) is 0 Å². The minimum Gasteiger partial charge on any atom is -0.382 e. The van der Waals surface area contributed by atoms with Gasteiger partial charge in [-0.25, -0.2) is 0 Å². The largest absolute Gasteiger partial charge is 0.382 e. The highest BCUT2D eigenvalue weighted by Gasteiger charge is 2.23. The summed E-state index contributed by atoms with van der Waals surface area (Å²) in [7, 11) is 0. The Morgan fingerprint density at radius 1 is 0.897 bits per heavy atom. The zero-order chi connectivity index (χ0) is 20.4. The van der Waals surface area contributed by atoms with Gasteiger partial charge < -0.3 is 10.6 Å². The summed E-state index contributed by atoms with van der Waals surface area (Å²) in [6.07, 6.45) is 5.58. The Morgan fingerprint density at radius 2 is 1.66 bits per heavy atom. The number of amides is 1. The van der Waals surface area contributed by atoms with Crippen LogP contribution in [0.4, 0.5) is 5.69 Å². The first kappa shape index (κ1) is 20.3. The van der Waals surface area contributed by atoms with Crippen LogP contribution in [0.5, 0.6) is 0 Å². The lowest BCUT2D eigenvalue weighted by atomic mass is 9.90. The molecule has 150 valence electrons. The fraction of sp³-hybridized carbons (Fsp3) is 0.273. The molecule has 7 heteroatoms. The molecule has 2 N–H and O–H groups in total. The molecule has 2 aromatic carbocycles. The highest BCUT2D eigenvalue weighted by Crippen LogP contribution is 2.28. The van der Waals surface area contributed by atoms with Crippen LogP contribution in [0, 0.1) is 0 Å². The molecule has 0 spiro atoms. The summed E-state index contributed by atoms with van der Waals surface area (Å²) in [6, 6.07) is 13.2. The van der Waals surface area contributed by atoms with Gasteiger partial charge in [0.15, 0.2) is 0 Å². The molecule has 1 saturated carbocycles. The Hall–Kier alpha value is -2.01. The standard InChI is InChI=1S/C22H20Cl3N3O/c23-14-2-7-17-20(9-10-26-21(17)12-14)27-15-3-5-16(6-4-15)28-22(29)13-1-8-18(24)19(25)11-13/h1-2,7-12,15-16H,3-6H2,(H,26,27)(H,28,29)/t15-,16+.